The van der Waals surface area contributed by atoms with Gasteiger partial charge in [0.05, 0.1) is 13.2 Å². The number of ether oxygens (including phenoxy) is 3. The molecule has 2 heterocycles. The first kappa shape index (κ1) is 19.6. The van der Waals surface area contributed by atoms with Gasteiger partial charge < -0.3 is 19.5 Å². The van der Waals surface area contributed by atoms with Gasteiger partial charge in [0.2, 0.25) is 6.79 Å². The number of carbonyl (C=O) groups is 1. The van der Waals surface area contributed by atoms with Crippen molar-refractivity contribution in [2.45, 2.75) is 25.8 Å². The van der Waals surface area contributed by atoms with E-state index >= 15 is 0 Å². The highest BCUT2D eigenvalue weighted by atomic mass is 16.7. The fraction of sp³-hybridized carbons (Fsp3) is 0.435. The number of benzene rings is 2. The molecule has 1 saturated heterocycles. The lowest BCUT2D eigenvalue weighted by atomic mass is 9.95. The Hall–Kier alpha value is -2.73. The zero-order valence-corrected chi connectivity index (χ0v) is 17.0. The molecule has 2 aliphatic rings. The van der Waals surface area contributed by atoms with E-state index in [9.17, 15) is 4.79 Å². The molecule has 1 N–H and O–H groups in total. The van der Waals surface area contributed by atoms with E-state index in [4.69, 9.17) is 14.2 Å². The van der Waals surface area contributed by atoms with E-state index < -0.39 is 0 Å². The van der Waals surface area contributed by atoms with E-state index in [1.165, 1.54) is 18.4 Å². The largest absolute Gasteiger partial charge is 0.497 e. The van der Waals surface area contributed by atoms with Crippen LogP contribution in [0.15, 0.2) is 42.5 Å². The lowest BCUT2D eigenvalue weighted by Crippen LogP contribution is -2.42. The molecule has 2 aliphatic heterocycles. The molecule has 2 aromatic rings. The second-order valence-electron chi connectivity index (χ2n) is 7.79. The van der Waals surface area contributed by atoms with Crippen molar-refractivity contribution < 1.29 is 19.0 Å². The van der Waals surface area contributed by atoms with Crippen LogP contribution in [-0.4, -0.2) is 44.3 Å². The van der Waals surface area contributed by atoms with Crippen LogP contribution < -0.4 is 19.5 Å². The van der Waals surface area contributed by atoms with Gasteiger partial charge in [0, 0.05) is 12.1 Å². The number of carbonyl (C=O) groups excluding carboxylic acids is 1. The van der Waals surface area contributed by atoms with Crippen molar-refractivity contribution in [3.63, 3.8) is 0 Å². The maximum atomic E-state index is 12.8. The summed E-state index contributed by atoms with van der Waals surface area (Å²) in [7, 11) is 1.67. The van der Waals surface area contributed by atoms with Crippen molar-refractivity contribution in [3.8, 4) is 17.2 Å². The number of piperidine rings is 1. The molecular weight excluding hydrogens is 368 g/mol. The monoisotopic (exact) mass is 396 g/mol. The van der Waals surface area contributed by atoms with Gasteiger partial charge >= 0.3 is 0 Å². The van der Waals surface area contributed by atoms with E-state index in [0.717, 1.165) is 24.8 Å². The number of amides is 1. The number of fused-ring (bicyclic) bond motifs is 1. The Kier molecular flexibility index (Phi) is 5.90. The van der Waals surface area contributed by atoms with Crippen molar-refractivity contribution in [3.05, 3.63) is 53.6 Å². The summed E-state index contributed by atoms with van der Waals surface area (Å²) in [5.74, 6) is 2.79. The van der Waals surface area contributed by atoms with Crippen molar-refractivity contribution in [1.82, 2.24) is 10.2 Å². The summed E-state index contributed by atoms with van der Waals surface area (Å²) in [5.41, 5.74) is 1.77. The Labute approximate surface area is 171 Å². The topological polar surface area (TPSA) is 60.0 Å². The van der Waals surface area contributed by atoms with E-state index in [2.05, 4.69) is 29.3 Å². The summed E-state index contributed by atoms with van der Waals surface area (Å²) in [4.78, 5) is 15.2. The first-order chi connectivity index (χ1) is 14.1. The van der Waals surface area contributed by atoms with Gasteiger partial charge in [0.1, 0.15) is 5.75 Å². The summed E-state index contributed by atoms with van der Waals surface area (Å²) in [6.07, 6.45) is 2.37. The third-order valence-corrected chi connectivity index (χ3v) is 5.85. The number of nitrogens with one attached hydrogen (secondary N) is 1. The molecule has 6 nitrogen and oxygen atoms in total. The number of methoxy groups -OCH3 is 1. The molecule has 0 saturated carbocycles. The Bertz CT molecular complexity index is 844. The minimum atomic E-state index is -0.104. The molecule has 1 amide bonds. The van der Waals surface area contributed by atoms with E-state index in [1.807, 2.05) is 12.1 Å². The molecule has 29 heavy (non-hydrogen) atoms. The minimum absolute atomic E-state index is 0.104. The zero-order chi connectivity index (χ0) is 20.2. The highest BCUT2D eigenvalue weighted by Crippen LogP contribution is 2.32. The van der Waals surface area contributed by atoms with Gasteiger partial charge in [-0.15, -0.1) is 0 Å². The lowest BCUT2D eigenvalue weighted by Gasteiger charge is -2.37. The van der Waals surface area contributed by atoms with Crippen LogP contribution in [0.3, 0.4) is 0 Å². The van der Waals surface area contributed by atoms with Crippen molar-refractivity contribution in [2.75, 3.05) is 33.5 Å². The Balaban J connectivity index is 1.47. The van der Waals surface area contributed by atoms with E-state index in [0.29, 0.717) is 23.6 Å². The molecule has 0 bridgehead atoms. The number of hydrogen-bond donors (Lipinski definition) is 1. The number of likely N-dealkylation sites (tertiary alicyclic amines) is 1. The summed E-state index contributed by atoms with van der Waals surface area (Å²) < 4.78 is 16.0. The molecule has 1 unspecified atom stereocenters. The quantitative estimate of drug-likeness (QED) is 0.808. The predicted octanol–water partition coefficient (Wildman–Crippen LogP) is 3.63. The Morgan fingerprint density at radius 1 is 1.14 bits per heavy atom. The molecule has 6 heteroatoms. The summed E-state index contributed by atoms with van der Waals surface area (Å²) >= 11 is 0. The van der Waals surface area contributed by atoms with Crippen LogP contribution in [0.5, 0.6) is 17.2 Å². The summed E-state index contributed by atoms with van der Waals surface area (Å²) in [6.45, 7) is 5.14. The Morgan fingerprint density at radius 3 is 2.59 bits per heavy atom. The van der Waals surface area contributed by atoms with Crippen LogP contribution >= 0.6 is 0 Å². The van der Waals surface area contributed by atoms with Crippen LogP contribution in [0, 0.1) is 5.92 Å². The van der Waals surface area contributed by atoms with Gasteiger partial charge in [-0.05, 0) is 67.7 Å². The third-order valence-electron chi connectivity index (χ3n) is 5.85. The van der Waals surface area contributed by atoms with Gasteiger partial charge in [-0.1, -0.05) is 19.1 Å². The fourth-order valence-electron chi connectivity index (χ4n) is 3.95. The van der Waals surface area contributed by atoms with Crippen LogP contribution in [0.4, 0.5) is 0 Å². The highest BCUT2D eigenvalue weighted by molar-refractivity contribution is 5.95. The third kappa shape index (κ3) is 4.48. The molecule has 0 spiro atoms. The van der Waals surface area contributed by atoms with Crippen molar-refractivity contribution in [1.29, 1.82) is 0 Å². The van der Waals surface area contributed by atoms with Crippen molar-refractivity contribution >= 4 is 5.91 Å². The number of nitrogens with zero attached hydrogens (tertiary/aromatic N) is 1. The maximum Gasteiger partial charge on any atom is 0.251 e. The smallest absolute Gasteiger partial charge is 0.251 e. The molecular formula is C23H28N2O4. The molecule has 4 rings (SSSR count). The van der Waals surface area contributed by atoms with Crippen LogP contribution in [-0.2, 0) is 0 Å². The zero-order valence-electron chi connectivity index (χ0n) is 17.0. The van der Waals surface area contributed by atoms with Gasteiger partial charge in [0.25, 0.3) is 5.91 Å². The van der Waals surface area contributed by atoms with Crippen molar-refractivity contribution in [2.24, 2.45) is 5.92 Å². The molecule has 0 radical (unpaired) electrons. The first-order valence-electron chi connectivity index (χ1n) is 10.2. The SMILES string of the molecule is COc1ccc(C(CNC(=O)c2ccc3c(c2)OCO3)N2CCC(C)CC2)cc1. The average molecular weight is 396 g/mol. The van der Waals surface area contributed by atoms with E-state index in [1.54, 1.807) is 25.3 Å². The maximum absolute atomic E-state index is 12.8. The van der Waals surface area contributed by atoms with E-state index in [-0.39, 0.29) is 18.7 Å². The highest BCUT2D eigenvalue weighted by Gasteiger charge is 2.25. The molecule has 1 atom stereocenters. The summed E-state index contributed by atoms with van der Waals surface area (Å²) in [5, 5.41) is 3.12. The average Bonchev–Trinajstić information content (AvgIpc) is 3.23. The molecule has 0 aliphatic carbocycles. The Morgan fingerprint density at radius 2 is 1.86 bits per heavy atom. The molecule has 1 fully saturated rings. The normalized spacial score (nSPS) is 17.7. The van der Waals surface area contributed by atoms with Gasteiger partial charge in [-0.3, -0.25) is 9.69 Å². The standard InChI is InChI=1S/C23H28N2O4/c1-16-9-11-25(12-10-16)20(17-3-6-19(27-2)7-4-17)14-24-23(26)18-5-8-21-22(13-18)29-15-28-21/h3-8,13,16,20H,9-12,14-15H2,1-2H3,(H,24,26). The predicted molar refractivity (Wildman–Crippen MR) is 111 cm³/mol. The molecule has 0 aromatic heterocycles. The number of hydrogen-bond acceptors (Lipinski definition) is 5. The van der Waals surface area contributed by atoms with Crippen LogP contribution in [0.1, 0.15) is 41.7 Å². The molecule has 154 valence electrons. The second-order valence-corrected chi connectivity index (χ2v) is 7.79. The summed E-state index contributed by atoms with van der Waals surface area (Å²) in [6, 6.07) is 13.6. The number of rotatable bonds is 6. The van der Waals surface area contributed by atoms with Crippen LogP contribution in [0.25, 0.3) is 0 Å². The van der Waals surface area contributed by atoms with Gasteiger partial charge in [0.15, 0.2) is 11.5 Å². The van der Waals surface area contributed by atoms with Gasteiger partial charge in [-0.2, -0.15) is 0 Å². The lowest BCUT2D eigenvalue weighted by molar-refractivity contribution is 0.0912. The second kappa shape index (κ2) is 8.74. The fourth-order valence-corrected chi connectivity index (χ4v) is 3.95. The molecule has 2 aromatic carbocycles. The first-order valence-corrected chi connectivity index (χ1v) is 10.2. The van der Waals surface area contributed by atoms with Gasteiger partial charge in [-0.25, -0.2) is 0 Å². The minimum Gasteiger partial charge on any atom is -0.497 e. The van der Waals surface area contributed by atoms with Crippen LogP contribution in [0.2, 0.25) is 0 Å².